The first-order chi connectivity index (χ1) is 10.6. The van der Waals surface area contributed by atoms with Gasteiger partial charge >= 0.3 is 6.03 Å². The van der Waals surface area contributed by atoms with Gasteiger partial charge in [0.2, 0.25) is 0 Å². The van der Waals surface area contributed by atoms with Crippen molar-refractivity contribution in [3.05, 3.63) is 36.3 Å². The van der Waals surface area contributed by atoms with Crippen LogP contribution in [0.5, 0.6) is 0 Å². The summed E-state index contributed by atoms with van der Waals surface area (Å²) in [5.74, 6) is 0. The molecule has 2 aromatic heterocycles. The van der Waals surface area contributed by atoms with Crippen molar-refractivity contribution < 1.29 is 4.79 Å². The predicted octanol–water partition coefficient (Wildman–Crippen LogP) is 1.57. The van der Waals surface area contributed by atoms with E-state index in [1.165, 1.54) is 5.69 Å². The second-order valence-electron chi connectivity index (χ2n) is 6.05. The first-order valence-electron chi connectivity index (χ1n) is 7.82. The summed E-state index contributed by atoms with van der Waals surface area (Å²) in [7, 11) is 0. The van der Waals surface area contributed by atoms with Gasteiger partial charge in [0.1, 0.15) is 5.65 Å². The molecular formula is C16H23N5O. The third-order valence-electron chi connectivity index (χ3n) is 3.95. The average Bonchev–Trinajstić information content (AvgIpc) is 2.91. The Bertz CT molecular complexity index is 643. The zero-order chi connectivity index (χ0) is 15.5. The number of aromatic nitrogens is 2. The van der Waals surface area contributed by atoms with Gasteiger partial charge in [-0.3, -0.25) is 4.90 Å². The van der Waals surface area contributed by atoms with Crippen LogP contribution in [0.15, 0.2) is 30.6 Å². The lowest BCUT2D eigenvalue weighted by molar-refractivity contribution is 0.133. The highest BCUT2D eigenvalue weighted by molar-refractivity contribution is 5.74. The second-order valence-corrected chi connectivity index (χ2v) is 6.05. The Balaban J connectivity index is 1.57. The highest BCUT2D eigenvalue weighted by Gasteiger charge is 2.21. The van der Waals surface area contributed by atoms with Gasteiger partial charge in [0.15, 0.2) is 0 Å². The lowest BCUT2D eigenvalue weighted by Gasteiger charge is -2.34. The number of hydrogen-bond acceptors (Lipinski definition) is 3. The maximum absolute atomic E-state index is 12.0. The standard InChI is InChI=1S/C16H23N5O/c1-13(2)18-16(22)20-9-7-19(8-10-20)12-14-11-17-15-5-3-4-6-21(14)15/h3-6,11,13H,7-10,12H2,1-2H3,(H,18,22). The number of hydrogen-bond donors (Lipinski definition) is 1. The lowest BCUT2D eigenvalue weighted by atomic mass is 10.3. The van der Waals surface area contributed by atoms with E-state index in [4.69, 9.17) is 0 Å². The minimum absolute atomic E-state index is 0.0458. The minimum Gasteiger partial charge on any atom is -0.336 e. The molecule has 1 N–H and O–H groups in total. The van der Waals surface area contributed by atoms with Crippen molar-refractivity contribution in [2.45, 2.75) is 26.4 Å². The Morgan fingerprint density at radius 3 is 2.77 bits per heavy atom. The maximum atomic E-state index is 12.0. The molecule has 0 aromatic carbocycles. The summed E-state index contributed by atoms with van der Waals surface area (Å²) in [5, 5.41) is 2.95. The average molecular weight is 301 g/mol. The molecule has 6 heteroatoms. The van der Waals surface area contributed by atoms with E-state index in [1.807, 2.05) is 49.3 Å². The van der Waals surface area contributed by atoms with E-state index in [-0.39, 0.29) is 12.1 Å². The van der Waals surface area contributed by atoms with E-state index in [9.17, 15) is 4.79 Å². The van der Waals surface area contributed by atoms with Crippen molar-refractivity contribution in [1.82, 2.24) is 24.5 Å². The van der Waals surface area contributed by atoms with Crippen LogP contribution in [-0.4, -0.2) is 57.4 Å². The molecule has 1 aliphatic heterocycles. The van der Waals surface area contributed by atoms with Gasteiger partial charge in [0.25, 0.3) is 0 Å². The first kappa shape index (κ1) is 14.8. The zero-order valence-electron chi connectivity index (χ0n) is 13.2. The number of amides is 2. The van der Waals surface area contributed by atoms with E-state index in [2.05, 4.69) is 19.6 Å². The van der Waals surface area contributed by atoms with Crippen molar-refractivity contribution in [3.63, 3.8) is 0 Å². The van der Waals surface area contributed by atoms with Crippen LogP contribution in [0.1, 0.15) is 19.5 Å². The van der Waals surface area contributed by atoms with Crippen molar-refractivity contribution in [3.8, 4) is 0 Å². The molecule has 0 spiro atoms. The Hall–Kier alpha value is -2.08. The molecule has 0 aliphatic carbocycles. The largest absolute Gasteiger partial charge is 0.336 e. The molecule has 1 aliphatic rings. The highest BCUT2D eigenvalue weighted by atomic mass is 16.2. The van der Waals surface area contributed by atoms with Crippen molar-refractivity contribution in [2.24, 2.45) is 0 Å². The van der Waals surface area contributed by atoms with Gasteiger partial charge in [-0.1, -0.05) is 6.07 Å². The molecular weight excluding hydrogens is 278 g/mol. The molecule has 1 saturated heterocycles. The van der Waals surface area contributed by atoms with Crippen LogP contribution in [0.3, 0.4) is 0 Å². The summed E-state index contributed by atoms with van der Waals surface area (Å²) in [4.78, 5) is 20.7. The first-order valence-corrected chi connectivity index (χ1v) is 7.82. The predicted molar refractivity (Wildman–Crippen MR) is 85.7 cm³/mol. The SMILES string of the molecule is CC(C)NC(=O)N1CCN(Cc2cnc3ccccn23)CC1. The van der Waals surface area contributed by atoms with E-state index >= 15 is 0 Å². The molecule has 22 heavy (non-hydrogen) atoms. The molecule has 3 rings (SSSR count). The Labute approximate surface area is 130 Å². The normalized spacial score (nSPS) is 16.4. The lowest BCUT2D eigenvalue weighted by Crippen LogP contribution is -2.52. The van der Waals surface area contributed by atoms with Crippen LogP contribution in [0.2, 0.25) is 0 Å². The van der Waals surface area contributed by atoms with Gasteiger partial charge in [-0.05, 0) is 26.0 Å². The number of piperazine rings is 1. The summed E-state index contributed by atoms with van der Waals surface area (Å²) >= 11 is 0. The molecule has 0 radical (unpaired) electrons. The number of nitrogens with one attached hydrogen (secondary N) is 1. The van der Waals surface area contributed by atoms with Crippen molar-refractivity contribution in [1.29, 1.82) is 0 Å². The Morgan fingerprint density at radius 1 is 1.27 bits per heavy atom. The van der Waals surface area contributed by atoms with Gasteiger partial charge in [0.05, 0.1) is 11.9 Å². The molecule has 0 unspecified atom stereocenters. The van der Waals surface area contributed by atoms with E-state index in [1.54, 1.807) is 0 Å². The minimum atomic E-state index is 0.0458. The van der Waals surface area contributed by atoms with E-state index in [0.717, 1.165) is 38.4 Å². The number of carbonyl (C=O) groups excluding carboxylic acids is 1. The van der Waals surface area contributed by atoms with Crippen LogP contribution in [0.4, 0.5) is 4.79 Å². The monoisotopic (exact) mass is 301 g/mol. The van der Waals surface area contributed by atoms with E-state index in [0.29, 0.717) is 0 Å². The summed E-state index contributed by atoms with van der Waals surface area (Å²) < 4.78 is 2.12. The van der Waals surface area contributed by atoms with Gasteiger partial charge in [-0.15, -0.1) is 0 Å². The Kier molecular flexibility index (Phi) is 4.29. The molecule has 1 fully saturated rings. The molecule has 3 heterocycles. The van der Waals surface area contributed by atoms with Crippen LogP contribution < -0.4 is 5.32 Å². The molecule has 0 saturated carbocycles. The number of rotatable bonds is 3. The molecule has 6 nitrogen and oxygen atoms in total. The molecule has 0 atom stereocenters. The number of fused-ring (bicyclic) bond motifs is 1. The fourth-order valence-electron chi connectivity index (χ4n) is 2.78. The number of carbonyl (C=O) groups is 1. The van der Waals surface area contributed by atoms with Gasteiger partial charge in [-0.25, -0.2) is 9.78 Å². The van der Waals surface area contributed by atoms with Crippen LogP contribution in [0, 0.1) is 0 Å². The third-order valence-corrected chi connectivity index (χ3v) is 3.95. The van der Waals surface area contributed by atoms with Gasteiger partial charge < -0.3 is 14.6 Å². The smallest absolute Gasteiger partial charge is 0.317 e. The van der Waals surface area contributed by atoms with Gasteiger partial charge in [0, 0.05) is 45.0 Å². The van der Waals surface area contributed by atoms with Gasteiger partial charge in [-0.2, -0.15) is 0 Å². The van der Waals surface area contributed by atoms with Crippen molar-refractivity contribution in [2.75, 3.05) is 26.2 Å². The fraction of sp³-hybridized carbons (Fsp3) is 0.500. The maximum Gasteiger partial charge on any atom is 0.317 e. The summed E-state index contributed by atoms with van der Waals surface area (Å²) in [5.41, 5.74) is 2.17. The number of pyridine rings is 1. The molecule has 2 aromatic rings. The molecule has 0 bridgehead atoms. The summed E-state index contributed by atoms with van der Waals surface area (Å²) in [6, 6.07) is 6.26. The summed E-state index contributed by atoms with van der Waals surface area (Å²) in [6.07, 6.45) is 3.98. The second kappa shape index (κ2) is 6.36. The molecule has 118 valence electrons. The van der Waals surface area contributed by atoms with Crippen molar-refractivity contribution >= 4 is 11.7 Å². The van der Waals surface area contributed by atoms with Crippen LogP contribution >= 0.6 is 0 Å². The number of nitrogens with zero attached hydrogens (tertiary/aromatic N) is 4. The van der Waals surface area contributed by atoms with E-state index < -0.39 is 0 Å². The third kappa shape index (κ3) is 3.22. The number of imidazole rings is 1. The van der Waals surface area contributed by atoms with Crippen LogP contribution in [0.25, 0.3) is 5.65 Å². The number of urea groups is 1. The fourth-order valence-corrected chi connectivity index (χ4v) is 2.78. The molecule has 2 amide bonds. The van der Waals surface area contributed by atoms with Crippen LogP contribution in [-0.2, 0) is 6.54 Å². The quantitative estimate of drug-likeness (QED) is 0.936. The topological polar surface area (TPSA) is 52.9 Å². The zero-order valence-corrected chi connectivity index (χ0v) is 13.2. The highest BCUT2D eigenvalue weighted by Crippen LogP contribution is 2.11. The summed E-state index contributed by atoms with van der Waals surface area (Å²) in [6.45, 7) is 8.17. The Morgan fingerprint density at radius 2 is 2.05 bits per heavy atom.